The summed E-state index contributed by atoms with van der Waals surface area (Å²) in [6.07, 6.45) is 2.11. The quantitative estimate of drug-likeness (QED) is 0.553. The Hall–Kier alpha value is -3.72. The van der Waals surface area contributed by atoms with E-state index in [0.29, 0.717) is 46.8 Å². The average molecular weight is 425 g/mol. The first-order valence-corrected chi connectivity index (χ1v) is 9.49. The van der Waals surface area contributed by atoms with E-state index in [-0.39, 0.29) is 11.6 Å². The number of pyridine rings is 1. The summed E-state index contributed by atoms with van der Waals surface area (Å²) in [6.45, 7) is 0.584. The number of nitrogens with zero attached hydrogens (tertiary/aromatic N) is 3. The van der Waals surface area contributed by atoms with Gasteiger partial charge < -0.3 is 21.1 Å². The summed E-state index contributed by atoms with van der Waals surface area (Å²) in [4.78, 5) is 36.3. The lowest BCUT2D eigenvalue weighted by Crippen LogP contribution is -2.30. The molecule has 2 amide bonds. The number of nitrogens with one attached hydrogen (secondary N) is 2. The smallest absolute Gasteiger partial charge is 0.267 e. The van der Waals surface area contributed by atoms with E-state index < -0.39 is 11.9 Å². The molecule has 0 radical (unpaired) electrons. The fraction of sp³-hybridized carbons (Fsp3) is 0.150. The fourth-order valence-electron chi connectivity index (χ4n) is 2.90. The predicted molar refractivity (Wildman–Crippen MR) is 110 cm³/mol. The van der Waals surface area contributed by atoms with Crippen LogP contribution in [0.4, 0.5) is 5.82 Å². The SMILES string of the molecule is NC(=O)c1cc(N[C@H]2CCNC2=O)nc(-c2ccc(Oc3ccc(Cl)cn3)cc2)n1. The molecule has 3 aromatic rings. The van der Waals surface area contributed by atoms with E-state index in [1.807, 2.05) is 0 Å². The molecule has 0 spiro atoms. The van der Waals surface area contributed by atoms with Gasteiger partial charge in [-0.15, -0.1) is 0 Å². The van der Waals surface area contributed by atoms with Gasteiger partial charge in [-0.2, -0.15) is 0 Å². The van der Waals surface area contributed by atoms with Crippen LogP contribution >= 0.6 is 11.6 Å². The summed E-state index contributed by atoms with van der Waals surface area (Å²) in [5.74, 6) is 0.797. The van der Waals surface area contributed by atoms with Gasteiger partial charge in [0.05, 0.1) is 5.02 Å². The highest BCUT2D eigenvalue weighted by Gasteiger charge is 2.24. The van der Waals surface area contributed by atoms with E-state index in [1.54, 1.807) is 36.4 Å². The Morgan fingerprint density at radius 1 is 1.20 bits per heavy atom. The summed E-state index contributed by atoms with van der Waals surface area (Å²) in [5, 5.41) is 6.29. The molecule has 1 atom stereocenters. The van der Waals surface area contributed by atoms with Crippen LogP contribution in [0.25, 0.3) is 11.4 Å². The molecule has 0 unspecified atom stereocenters. The van der Waals surface area contributed by atoms with E-state index in [9.17, 15) is 9.59 Å². The van der Waals surface area contributed by atoms with E-state index in [4.69, 9.17) is 22.1 Å². The highest BCUT2D eigenvalue weighted by Crippen LogP contribution is 2.25. The number of carbonyl (C=O) groups excluding carboxylic acids is 2. The number of ether oxygens (including phenoxy) is 1. The van der Waals surface area contributed by atoms with Crippen LogP contribution in [0.2, 0.25) is 5.02 Å². The molecular formula is C20H17ClN6O3. The number of hydrogen-bond acceptors (Lipinski definition) is 7. The van der Waals surface area contributed by atoms with Crippen molar-refractivity contribution in [3.8, 4) is 23.0 Å². The Balaban J connectivity index is 1.58. The predicted octanol–water partition coefficient (Wildman–Crippen LogP) is 2.38. The number of nitrogens with two attached hydrogens (primary N) is 1. The standard InChI is InChI=1S/C20H17ClN6O3/c21-12-3-6-17(24-10-12)30-13-4-1-11(2-5-13)19-26-15(18(22)28)9-16(27-19)25-14-7-8-23-20(14)29/h1-6,9-10,14H,7-8H2,(H2,22,28)(H,23,29)(H,25,26,27)/t14-/m0/s1. The van der Waals surface area contributed by atoms with Gasteiger partial charge in [-0.05, 0) is 36.8 Å². The number of benzene rings is 1. The number of aromatic nitrogens is 3. The third-order valence-corrected chi connectivity index (χ3v) is 4.61. The number of carbonyl (C=O) groups is 2. The molecule has 9 nitrogen and oxygen atoms in total. The van der Waals surface area contributed by atoms with Crippen molar-refractivity contribution in [2.75, 3.05) is 11.9 Å². The Morgan fingerprint density at radius 2 is 2.00 bits per heavy atom. The number of rotatable bonds is 6. The second-order valence-electron chi connectivity index (χ2n) is 6.54. The van der Waals surface area contributed by atoms with Crippen LogP contribution in [0.3, 0.4) is 0 Å². The van der Waals surface area contributed by atoms with Crippen molar-refractivity contribution in [3.63, 3.8) is 0 Å². The number of hydrogen-bond donors (Lipinski definition) is 3. The minimum Gasteiger partial charge on any atom is -0.439 e. The number of primary amides is 1. The first kappa shape index (κ1) is 19.6. The number of amides is 2. The van der Waals surface area contributed by atoms with Crippen LogP contribution in [-0.4, -0.2) is 39.4 Å². The van der Waals surface area contributed by atoms with Crippen molar-refractivity contribution in [3.05, 3.63) is 59.4 Å². The van der Waals surface area contributed by atoms with Crippen LogP contribution < -0.4 is 21.1 Å². The summed E-state index contributed by atoms with van der Waals surface area (Å²) in [6, 6.07) is 11.3. The summed E-state index contributed by atoms with van der Waals surface area (Å²) >= 11 is 5.82. The molecule has 1 aliphatic heterocycles. The fourth-order valence-corrected chi connectivity index (χ4v) is 3.01. The van der Waals surface area contributed by atoms with Crippen molar-refractivity contribution in [2.45, 2.75) is 12.5 Å². The zero-order valence-corrected chi connectivity index (χ0v) is 16.4. The molecule has 2 aromatic heterocycles. The van der Waals surface area contributed by atoms with Crippen molar-refractivity contribution in [1.82, 2.24) is 20.3 Å². The third-order valence-electron chi connectivity index (χ3n) is 4.38. The summed E-state index contributed by atoms with van der Waals surface area (Å²) < 4.78 is 5.67. The van der Waals surface area contributed by atoms with Gasteiger partial charge in [-0.3, -0.25) is 9.59 Å². The molecule has 30 heavy (non-hydrogen) atoms. The van der Waals surface area contributed by atoms with Gasteiger partial charge >= 0.3 is 0 Å². The van der Waals surface area contributed by atoms with Gasteiger partial charge in [-0.25, -0.2) is 15.0 Å². The minimum atomic E-state index is -0.689. The van der Waals surface area contributed by atoms with E-state index in [1.165, 1.54) is 12.3 Å². The molecule has 1 aromatic carbocycles. The first-order chi connectivity index (χ1) is 14.5. The van der Waals surface area contributed by atoms with Gasteiger partial charge in [0.25, 0.3) is 5.91 Å². The molecule has 0 saturated carbocycles. The highest BCUT2D eigenvalue weighted by atomic mass is 35.5. The Kier molecular flexibility index (Phi) is 5.44. The largest absolute Gasteiger partial charge is 0.439 e. The van der Waals surface area contributed by atoms with Crippen molar-refractivity contribution >= 4 is 29.2 Å². The van der Waals surface area contributed by atoms with Gasteiger partial charge in [-0.1, -0.05) is 11.6 Å². The Bertz CT molecular complexity index is 1090. The van der Waals surface area contributed by atoms with Crippen LogP contribution in [0.15, 0.2) is 48.7 Å². The molecular weight excluding hydrogens is 408 g/mol. The van der Waals surface area contributed by atoms with Gasteiger partial charge in [0.1, 0.15) is 23.3 Å². The highest BCUT2D eigenvalue weighted by molar-refractivity contribution is 6.30. The molecule has 1 fully saturated rings. The number of anilines is 1. The lowest BCUT2D eigenvalue weighted by Gasteiger charge is -2.13. The van der Waals surface area contributed by atoms with Crippen molar-refractivity contribution < 1.29 is 14.3 Å². The van der Waals surface area contributed by atoms with Crippen molar-refractivity contribution in [1.29, 1.82) is 0 Å². The molecule has 3 heterocycles. The third kappa shape index (κ3) is 4.47. The second kappa shape index (κ2) is 8.34. The second-order valence-corrected chi connectivity index (χ2v) is 6.98. The average Bonchev–Trinajstić information content (AvgIpc) is 3.14. The summed E-state index contributed by atoms with van der Waals surface area (Å²) in [5.41, 5.74) is 6.11. The monoisotopic (exact) mass is 424 g/mol. The maximum absolute atomic E-state index is 11.8. The minimum absolute atomic E-state index is 0.0478. The topological polar surface area (TPSA) is 132 Å². The normalized spacial score (nSPS) is 15.5. The van der Waals surface area contributed by atoms with Crippen LogP contribution in [0.5, 0.6) is 11.6 Å². The van der Waals surface area contributed by atoms with E-state index >= 15 is 0 Å². The summed E-state index contributed by atoms with van der Waals surface area (Å²) in [7, 11) is 0. The molecule has 1 saturated heterocycles. The molecule has 0 bridgehead atoms. The number of halogens is 1. The van der Waals surface area contributed by atoms with Gasteiger partial charge in [0.2, 0.25) is 11.8 Å². The molecule has 10 heteroatoms. The zero-order chi connectivity index (χ0) is 21.1. The van der Waals surface area contributed by atoms with Crippen LogP contribution in [-0.2, 0) is 4.79 Å². The van der Waals surface area contributed by atoms with Crippen LogP contribution in [0, 0.1) is 0 Å². The first-order valence-electron chi connectivity index (χ1n) is 9.11. The lowest BCUT2D eigenvalue weighted by molar-refractivity contribution is -0.119. The zero-order valence-electron chi connectivity index (χ0n) is 15.6. The van der Waals surface area contributed by atoms with E-state index in [0.717, 1.165) is 0 Å². The molecule has 1 aliphatic rings. The van der Waals surface area contributed by atoms with Gasteiger partial charge in [0, 0.05) is 30.4 Å². The van der Waals surface area contributed by atoms with E-state index in [2.05, 4.69) is 25.6 Å². The Morgan fingerprint density at radius 3 is 2.63 bits per heavy atom. The van der Waals surface area contributed by atoms with Gasteiger partial charge in [0.15, 0.2) is 5.82 Å². The molecule has 152 valence electrons. The lowest BCUT2D eigenvalue weighted by atomic mass is 10.2. The van der Waals surface area contributed by atoms with Crippen LogP contribution in [0.1, 0.15) is 16.9 Å². The molecule has 4 N–H and O–H groups in total. The maximum atomic E-state index is 11.8. The maximum Gasteiger partial charge on any atom is 0.267 e. The molecule has 4 rings (SSSR count). The van der Waals surface area contributed by atoms with Crippen molar-refractivity contribution in [2.24, 2.45) is 5.73 Å². The Labute approximate surface area is 176 Å². The molecule has 0 aliphatic carbocycles.